The van der Waals surface area contributed by atoms with E-state index in [2.05, 4.69) is 10.1 Å². The Labute approximate surface area is 47.3 Å². The summed E-state index contributed by atoms with van der Waals surface area (Å²) in [6, 6.07) is 0. The molecule has 1 radical (unpaired) electrons. The summed E-state index contributed by atoms with van der Waals surface area (Å²) in [6.45, 7) is 2.04. The van der Waals surface area contributed by atoms with E-state index in [-0.39, 0.29) is 0 Å². The largest absolute Gasteiger partial charge is 0.245 e. The fraction of sp³-hybridized carbons (Fsp3) is 0.400. The van der Waals surface area contributed by atoms with Crippen LogP contribution in [0.25, 0.3) is 0 Å². The smallest absolute Gasteiger partial charge is 0.138 e. The quantitative estimate of drug-likeness (QED) is 0.476. The molecule has 1 aliphatic rings. The number of aryl methyl sites for hydroxylation is 1. The van der Waals surface area contributed by atoms with Crippen molar-refractivity contribution in [3.05, 3.63) is 18.7 Å². The van der Waals surface area contributed by atoms with Gasteiger partial charge in [0.05, 0.1) is 6.54 Å². The third-order valence-corrected chi connectivity index (χ3v) is 1.32. The molecule has 3 nitrogen and oxygen atoms in total. The van der Waals surface area contributed by atoms with Crippen molar-refractivity contribution in [3.63, 3.8) is 0 Å². The van der Waals surface area contributed by atoms with Gasteiger partial charge < -0.3 is 0 Å². The minimum atomic E-state index is 1.06. The van der Waals surface area contributed by atoms with Crippen LogP contribution < -0.4 is 0 Å². The molecule has 8 heavy (non-hydrogen) atoms. The number of nitrogens with zero attached hydrogens (tertiary/aromatic N) is 3. The maximum Gasteiger partial charge on any atom is 0.138 e. The Balaban J connectivity index is 2.54. The fourth-order valence-corrected chi connectivity index (χ4v) is 0.921. The molecule has 0 atom stereocenters. The molecule has 3 heteroatoms. The summed E-state index contributed by atoms with van der Waals surface area (Å²) in [4.78, 5) is 4.02. The van der Waals surface area contributed by atoms with Crippen molar-refractivity contribution in [1.29, 1.82) is 0 Å². The minimum absolute atomic E-state index is 1.06. The topological polar surface area (TPSA) is 30.7 Å². The maximum absolute atomic E-state index is 4.02. The molecular weight excluding hydrogens is 102 g/mol. The van der Waals surface area contributed by atoms with Gasteiger partial charge in [0, 0.05) is 6.42 Å². The Kier molecular flexibility index (Phi) is 0.664. The van der Waals surface area contributed by atoms with Gasteiger partial charge in [-0.15, -0.1) is 0 Å². The predicted octanol–water partition coefficient (Wildman–Crippen LogP) is 0.234. The molecule has 0 spiro atoms. The Morgan fingerprint density at radius 2 is 2.62 bits per heavy atom. The Bertz CT molecular complexity index is 173. The number of rotatable bonds is 0. The van der Waals surface area contributed by atoms with E-state index in [1.54, 1.807) is 6.33 Å². The molecule has 0 amide bonds. The molecule has 0 aliphatic carbocycles. The van der Waals surface area contributed by atoms with Crippen molar-refractivity contribution in [1.82, 2.24) is 14.8 Å². The van der Waals surface area contributed by atoms with Gasteiger partial charge in [0.2, 0.25) is 0 Å². The third kappa shape index (κ3) is 0.384. The molecule has 1 aliphatic heterocycles. The first-order valence-corrected chi connectivity index (χ1v) is 2.68. The van der Waals surface area contributed by atoms with Crippen LogP contribution >= 0.6 is 0 Å². The van der Waals surface area contributed by atoms with Gasteiger partial charge in [-0.05, 0) is 6.42 Å². The number of aromatic nitrogens is 3. The highest BCUT2D eigenvalue weighted by Gasteiger charge is 2.10. The van der Waals surface area contributed by atoms with Gasteiger partial charge in [0.25, 0.3) is 0 Å². The summed E-state index contributed by atoms with van der Waals surface area (Å²) in [5.41, 5.74) is 0. The molecule has 0 N–H and O–H groups in total. The first kappa shape index (κ1) is 4.06. The number of hydrogen-bond donors (Lipinski definition) is 0. The van der Waals surface area contributed by atoms with E-state index in [1.807, 2.05) is 11.2 Å². The van der Waals surface area contributed by atoms with Crippen molar-refractivity contribution in [2.45, 2.75) is 12.8 Å². The lowest BCUT2D eigenvalue weighted by atomic mass is 10.4. The minimum Gasteiger partial charge on any atom is -0.245 e. The first-order chi connectivity index (χ1) is 3.97. The summed E-state index contributed by atoms with van der Waals surface area (Å²) in [5.74, 6) is 1.09. The van der Waals surface area contributed by atoms with Crippen LogP contribution in [0.1, 0.15) is 12.2 Å². The summed E-state index contributed by atoms with van der Waals surface area (Å²) in [6.07, 6.45) is 3.74. The fourth-order valence-electron chi connectivity index (χ4n) is 0.921. The molecule has 0 fully saturated rings. The third-order valence-electron chi connectivity index (χ3n) is 1.32. The van der Waals surface area contributed by atoms with Gasteiger partial charge in [0.1, 0.15) is 12.2 Å². The molecule has 0 saturated heterocycles. The lowest BCUT2D eigenvalue weighted by molar-refractivity contribution is 0.815. The molecule has 1 aromatic rings. The molecule has 41 valence electrons. The highest BCUT2D eigenvalue weighted by molar-refractivity contribution is 4.96. The SMILES string of the molecule is [CH]1CCc2ncnn21. The van der Waals surface area contributed by atoms with Crippen LogP contribution in [0, 0.1) is 6.54 Å². The van der Waals surface area contributed by atoms with E-state index in [1.165, 1.54) is 0 Å². The molecular formula is C5H6N3. The molecule has 0 unspecified atom stereocenters. The second kappa shape index (κ2) is 1.31. The summed E-state index contributed by atoms with van der Waals surface area (Å²) >= 11 is 0. The van der Waals surface area contributed by atoms with E-state index >= 15 is 0 Å². The Hall–Kier alpha value is -0.860. The Morgan fingerprint density at radius 3 is 3.50 bits per heavy atom. The monoisotopic (exact) mass is 108 g/mol. The lowest BCUT2D eigenvalue weighted by Gasteiger charge is -1.84. The van der Waals surface area contributed by atoms with Crippen molar-refractivity contribution in [2.24, 2.45) is 0 Å². The number of fused-ring (bicyclic) bond motifs is 1. The molecule has 0 saturated carbocycles. The van der Waals surface area contributed by atoms with Gasteiger partial charge in [-0.25, -0.2) is 9.67 Å². The summed E-state index contributed by atoms with van der Waals surface area (Å²) < 4.78 is 1.83. The van der Waals surface area contributed by atoms with E-state index in [9.17, 15) is 0 Å². The predicted molar refractivity (Wildman–Crippen MR) is 28.0 cm³/mol. The molecule has 0 aromatic carbocycles. The van der Waals surface area contributed by atoms with Crippen molar-refractivity contribution >= 4 is 0 Å². The van der Waals surface area contributed by atoms with Crippen LogP contribution in [0.4, 0.5) is 0 Å². The molecule has 1 aromatic heterocycles. The van der Waals surface area contributed by atoms with E-state index < -0.39 is 0 Å². The van der Waals surface area contributed by atoms with Gasteiger partial charge in [-0.3, -0.25) is 0 Å². The molecule has 2 rings (SSSR count). The highest BCUT2D eigenvalue weighted by atomic mass is 15.3. The van der Waals surface area contributed by atoms with Crippen LogP contribution in [0.2, 0.25) is 0 Å². The average molecular weight is 108 g/mol. The van der Waals surface area contributed by atoms with Crippen LogP contribution in [-0.4, -0.2) is 14.8 Å². The number of hydrogen-bond acceptors (Lipinski definition) is 2. The maximum atomic E-state index is 4.02. The first-order valence-electron chi connectivity index (χ1n) is 2.68. The summed E-state index contributed by atoms with van der Waals surface area (Å²) in [5, 5.41) is 3.95. The Morgan fingerprint density at radius 1 is 1.62 bits per heavy atom. The van der Waals surface area contributed by atoms with Crippen LogP contribution in [0.15, 0.2) is 6.33 Å². The zero-order valence-corrected chi connectivity index (χ0v) is 4.41. The van der Waals surface area contributed by atoms with Crippen molar-refractivity contribution < 1.29 is 0 Å². The van der Waals surface area contributed by atoms with Crippen molar-refractivity contribution in [2.75, 3.05) is 0 Å². The normalized spacial score (nSPS) is 16.5. The van der Waals surface area contributed by atoms with Crippen LogP contribution in [0.3, 0.4) is 0 Å². The van der Waals surface area contributed by atoms with Gasteiger partial charge >= 0.3 is 0 Å². The standard InChI is InChI=1S/C5H6N3/c1-2-5-6-4-7-8(5)3-1/h3-4H,1-2H2. The van der Waals surface area contributed by atoms with Crippen LogP contribution in [-0.2, 0) is 6.42 Å². The second-order valence-corrected chi connectivity index (χ2v) is 1.84. The molecule has 0 bridgehead atoms. The zero-order chi connectivity index (χ0) is 5.40. The average Bonchev–Trinajstić information content (AvgIpc) is 2.15. The second-order valence-electron chi connectivity index (χ2n) is 1.84. The molecule has 2 heterocycles. The van der Waals surface area contributed by atoms with E-state index in [0.29, 0.717) is 0 Å². The van der Waals surface area contributed by atoms with Crippen LogP contribution in [0.5, 0.6) is 0 Å². The van der Waals surface area contributed by atoms with Gasteiger partial charge in [0.15, 0.2) is 0 Å². The van der Waals surface area contributed by atoms with E-state index in [4.69, 9.17) is 0 Å². The highest BCUT2D eigenvalue weighted by Crippen LogP contribution is 2.09. The van der Waals surface area contributed by atoms with E-state index in [0.717, 1.165) is 18.7 Å². The van der Waals surface area contributed by atoms with Gasteiger partial charge in [-0.1, -0.05) is 0 Å². The summed E-state index contributed by atoms with van der Waals surface area (Å²) in [7, 11) is 0. The lowest BCUT2D eigenvalue weighted by Crippen LogP contribution is -1.90. The van der Waals surface area contributed by atoms with Gasteiger partial charge in [-0.2, -0.15) is 5.10 Å². The zero-order valence-electron chi connectivity index (χ0n) is 4.41. The van der Waals surface area contributed by atoms with Crippen molar-refractivity contribution in [3.8, 4) is 0 Å².